The molecule has 1 aromatic rings. The molecule has 2 rings (SSSR count). The van der Waals surface area contributed by atoms with Crippen molar-refractivity contribution in [2.24, 2.45) is 5.73 Å². The molecule has 1 aliphatic rings. The molecule has 17 heavy (non-hydrogen) atoms. The van der Waals surface area contributed by atoms with Crippen LogP contribution in [-0.4, -0.2) is 12.1 Å². The van der Waals surface area contributed by atoms with Gasteiger partial charge in [0, 0.05) is 6.04 Å². The predicted molar refractivity (Wildman–Crippen MR) is 67.0 cm³/mol. The van der Waals surface area contributed by atoms with Crippen LogP contribution in [0, 0.1) is 11.3 Å². The Morgan fingerprint density at radius 3 is 2.82 bits per heavy atom. The van der Waals surface area contributed by atoms with Crippen molar-refractivity contribution >= 4 is 11.6 Å². The molecule has 0 amide bonds. The first-order valence-electron chi connectivity index (χ1n) is 5.83. The number of nitrogens with two attached hydrogens (primary N) is 1. The van der Waals surface area contributed by atoms with Gasteiger partial charge in [0.25, 0.3) is 0 Å². The first-order chi connectivity index (χ1) is 8.22. The van der Waals surface area contributed by atoms with E-state index in [1.54, 1.807) is 18.2 Å². The molecule has 1 aliphatic carbocycles. The molecule has 0 heterocycles. The van der Waals surface area contributed by atoms with Crippen molar-refractivity contribution in [3.05, 3.63) is 28.8 Å². The highest BCUT2D eigenvalue weighted by atomic mass is 35.5. The number of nitrogens with zero attached hydrogens (tertiary/aromatic N) is 1. The summed E-state index contributed by atoms with van der Waals surface area (Å²) < 4.78 is 5.84. The van der Waals surface area contributed by atoms with Crippen molar-refractivity contribution in [3.63, 3.8) is 0 Å². The molecule has 0 aromatic heterocycles. The second-order valence-electron chi connectivity index (χ2n) is 4.33. The summed E-state index contributed by atoms with van der Waals surface area (Å²) in [5.74, 6) is 0.544. The zero-order valence-electron chi connectivity index (χ0n) is 9.53. The summed E-state index contributed by atoms with van der Waals surface area (Å²) in [7, 11) is 0. The van der Waals surface area contributed by atoms with Gasteiger partial charge in [-0.3, -0.25) is 0 Å². The van der Waals surface area contributed by atoms with Gasteiger partial charge in [0.05, 0.1) is 5.02 Å². The summed E-state index contributed by atoms with van der Waals surface area (Å²) in [6, 6.07) is 7.36. The normalized spacial score (nSPS) is 24.1. The van der Waals surface area contributed by atoms with Crippen LogP contribution in [0.5, 0.6) is 5.75 Å². The molecule has 0 aliphatic heterocycles. The first-order valence-corrected chi connectivity index (χ1v) is 6.21. The van der Waals surface area contributed by atoms with Crippen LogP contribution < -0.4 is 10.5 Å². The van der Waals surface area contributed by atoms with E-state index in [2.05, 4.69) is 6.07 Å². The molecular formula is C13H15ClN2O. The van der Waals surface area contributed by atoms with Gasteiger partial charge < -0.3 is 10.5 Å². The molecule has 90 valence electrons. The molecule has 2 unspecified atom stereocenters. The van der Waals surface area contributed by atoms with Gasteiger partial charge in [-0.2, -0.15) is 5.26 Å². The first kappa shape index (κ1) is 12.2. The third kappa shape index (κ3) is 2.71. The molecule has 0 saturated heterocycles. The maximum absolute atomic E-state index is 9.05. The number of ether oxygens (including phenoxy) is 1. The van der Waals surface area contributed by atoms with Crippen molar-refractivity contribution in [1.82, 2.24) is 0 Å². The van der Waals surface area contributed by atoms with E-state index < -0.39 is 0 Å². The Bertz CT molecular complexity index is 442. The predicted octanol–water partition coefficient (Wildman–Crippen LogP) is 2.86. The minimum Gasteiger partial charge on any atom is -0.487 e. The maximum Gasteiger partial charge on any atom is 0.139 e. The Kier molecular flexibility index (Phi) is 3.88. The molecule has 1 fully saturated rings. The van der Waals surface area contributed by atoms with Crippen LogP contribution in [0.2, 0.25) is 5.02 Å². The van der Waals surface area contributed by atoms with E-state index >= 15 is 0 Å². The second-order valence-corrected chi connectivity index (χ2v) is 4.74. The monoisotopic (exact) mass is 250 g/mol. The van der Waals surface area contributed by atoms with Gasteiger partial charge in [0.1, 0.15) is 23.5 Å². The van der Waals surface area contributed by atoms with Crippen LogP contribution >= 0.6 is 11.6 Å². The molecule has 4 heteroatoms. The summed E-state index contributed by atoms with van der Waals surface area (Å²) in [5, 5.41) is 9.47. The number of hydrogen-bond acceptors (Lipinski definition) is 3. The second kappa shape index (κ2) is 5.39. The Hall–Kier alpha value is -1.24. The highest BCUT2D eigenvalue weighted by molar-refractivity contribution is 6.31. The van der Waals surface area contributed by atoms with Crippen molar-refractivity contribution in [2.75, 3.05) is 0 Å². The Morgan fingerprint density at radius 1 is 1.35 bits per heavy atom. The fraction of sp³-hybridized carbons (Fsp3) is 0.462. The van der Waals surface area contributed by atoms with Crippen LogP contribution in [0.25, 0.3) is 0 Å². The Labute approximate surface area is 106 Å². The topological polar surface area (TPSA) is 59.0 Å². The van der Waals surface area contributed by atoms with Gasteiger partial charge in [0.2, 0.25) is 0 Å². The largest absolute Gasteiger partial charge is 0.487 e. The lowest BCUT2D eigenvalue weighted by Crippen LogP contribution is -2.41. The van der Waals surface area contributed by atoms with E-state index in [-0.39, 0.29) is 12.1 Å². The summed E-state index contributed by atoms with van der Waals surface area (Å²) in [6.45, 7) is 0. The molecule has 2 N–H and O–H groups in total. The SMILES string of the molecule is N#Cc1c(Cl)cccc1OC1CCCCC1N. The minimum atomic E-state index is -0.00526. The Balaban J connectivity index is 2.18. The van der Waals surface area contributed by atoms with Crippen LogP contribution in [0.1, 0.15) is 31.2 Å². The molecule has 1 aromatic carbocycles. The minimum absolute atomic E-state index is 0.00526. The molecule has 0 radical (unpaired) electrons. The highest BCUT2D eigenvalue weighted by Gasteiger charge is 2.24. The van der Waals surface area contributed by atoms with Gasteiger partial charge in [-0.25, -0.2) is 0 Å². The van der Waals surface area contributed by atoms with E-state index in [0.717, 1.165) is 25.7 Å². The lowest BCUT2D eigenvalue weighted by atomic mass is 9.93. The van der Waals surface area contributed by atoms with Crippen molar-refractivity contribution in [2.45, 2.75) is 37.8 Å². The van der Waals surface area contributed by atoms with Crippen molar-refractivity contribution in [3.8, 4) is 11.8 Å². The van der Waals surface area contributed by atoms with Gasteiger partial charge in [-0.1, -0.05) is 24.1 Å². The number of nitriles is 1. The van der Waals surface area contributed by atoms with E-state index in [0.29, 0.717) is 16.3 Å². The maximum atomic E-state index is 9.05. The van der Waals surface area contributed by atoms with Crippen molar-refractivity contribution in [1.29, 1.82) is 5.26 Å². The number of halogens is 1. The quantitative estimate of drug-likeness (QED) is 0.878. The fourth-order valence-electron chi connectivity index (χ4n) is 2.15. The van der Waals surface area contributed by atoms with E-state index in [9.17, 15) is 0 Å². The lowest BCUT2D eigenvalue weighted by molar-refractivity contribution is 0.132. The smallest absolute Gasteiger partial charge is 0.139 e. The molecular weight excluding hydrogens is 236 g/mol. The fourth-order valence-corrected chi connectivity index (χ4v) is 2.35. The number of hydrogen-bond donors (Lipinski definition) is 1. The van der Waals surface area contributed by atoms with Crippen LogP contribution in [0.3, 0.4) is 0 Å². The van der Waals surface area contributed by atoms with E-state index in [4.69, 9.17) is 27.3 Å². The summed E-state index contributed by atoms with van der Waals surface area (Å²) in [6.07, 6.45) is 4.20. The van der Waals surface area contributed by atoms with Gasteiger partial charge in [0.15, 0.2) is 0 Å². The van der Waals surface area contributed by atoms with Gasteiger partial charge in [-0.15, -0.1) is 0 Å². The van der Waals surface area contributed by atoms with Gasteiger partial charge >= 0.3 is 0 Å². The number of rotatable bonds is 2. The van der Waals surface area contributed by atoms with Gasteiger partial charge in [-0.05, 0) is 31.4 Å². The zero-order chi connectivity index (χ0) is 12.3. The molecule has 0 spiro atoms. The number of benzene rings is 1. The lowest BCUT2D eigenvalue weighted by Gasteiger charge is -2.29. The molecule has 3 nitrogen and oxygen atoms in total. The molecule has 1 saturated carbocycles. The van der Waals surface area contributed by atoms with Crippen LogP contribution in [0.15, 0.2) is 18.2 Å². The summed E-state index contributed by atoms with van der Waals surface area (Å²) in [5.41, 5.74) is 6.41. The Morgan fingerprint density at radius 2 is 2.12 bits per heavy atom. The standard InChI is InChI=1S/C13H15ClN2O/c14-10-4-3-7-12(9(10)8-15)17-13-6-2-1-5-11(13)16/h3-4,7,11,13H,1-2,5-6,16H2. The van der Waals surface area contributed by atoms with Crippen LogP contribution in [0.4, 0.5) is 0 Å². The average molecular weight is 251 g/mol. The van der Waals surface area contributed by atoms with E-state index in [1.807, 2.05) is 0 Å². The average Bonchev–Trinajstić information content (AvgIpc) is 2.32. The third-order valence-corrected chi connectivity index (χ3v) is 3.43. The molecule has 2 atom stereocenters. The highest BCUT2D eigenvalue weighted by Crippen LogP contribution is 2.29. The third-order valence-electron chi connectivity index (χ3n) is 3.12. The zero-order valence-corrected chi connectivity index (χ0v) is 10.3. The summed E-state index contributed by atoms with van der Waals surface area (Å²) >= 11 is 5.95. The molecule has 0 bridgehead atoms. The van der Waals surface area contributed by atoms with Crippen molar-refractivity contribution < 1.29 is 4.74 Å². The van der Waals surface area contributed by atoms with Crippen LogP contribution in [-0.2, 0) is 0 Å². The summed E-state index contributed by atoms with van der Waals surface area (Å²) in [4.78, 5) is 0. The van der Waals surface area contributed by atoms with E-state index in [1.165, 1.54) is 0 Å².